The number of hydrogen-bond donors (Lipinski definition) is 1. The summed E-state index contributed by atoms with van der Waals surface area (Å²) in [5, 5.41) is 9.61. The van der Waals surface area contributed by atoms with Crippen molar-refractivity contribution in [1.82, 2.24) is 0 Å². The highest BCUT2D eigenvalue weighted by molar-refractivity contribution is 6.67. The fourth-order valence-corrected chi connectivity index (χ4v) is 1.24. The summed E-state index contributed by atoms with van der Waals surface area (Å²) in [5.41, 5.74) is 0.279. The molecule has 5 nitrogen and oxygen atoms in total. The zero-order chi connectivity index (χ0) is 14.5. The van der Waals surface area contributed by atoms with E-state index in [0.717, 1.165) is 0 Å². The van der Waals surface area contributed by atoms with Gasteiger partial charge in [-0.25, -0.2) is 9.59 Å². The molecule has 0 aliphatic carbocycles. The largest absolute Gasteiger partial charge is 0.516 e. The van der Waals surface area contributed by atoms with E-state index >= 15 is 0 Å². The molecule has 0 bridgehead atoms. The van der Waals surface area contributed by atoms with Crippen molar-refractivity contribution < 1.29 is 24.2 Å². The second-order valence-electron chi connectivity index (χ2n) is 3.39. The molecule has 0 heterocycles. The van der Waals surface area contributed by atoms with Gasteiger partial charge in [-0.3, -0.25) is 0 Å². The lowest BCUT2D eigenvalue weighted by Gasteiger charge is -2.12. The third-order valence-corrected chi connectivity index (χ3v) is 2.20. The van der Waals surface area contributed by atoms with Gasteiger partial charge in [0.1, 0.15) is 6.61 Å². The van der Waals surface area contributed by atoms with Crippen LogP contribution in [-0.4, -0.2) is 27.6 Å². The normalized spacial score (nSPS) is 12.6. The van der Waals surface area contributed by atoms with Crippen LogP contribution in [0.3, 0.4) is 0 Å². The minimum absolute atomic E-state index is 0.279. The standard InChI is InChI=1S/C11H9Cl3O5/c12-11(13,14)6-18-10(17)19-9(16)8(15)7-4-2-1-3-5-7/h1-5,8,15H,6H2/t8-/m1/s1. The topological polar surface area (TPSA) is 72.8 Å². The second-order valence-corrected chi connectivity index (χ2v) is 5.90. The molecule has 1 aromatic rings. The average molecular weight is 328 g/mol. The number of rotatable bonds is 3. The molecule has 8 heteroatoms. The van der Waals surface area contributed by atoms with Gasteiger partial charge in [0.25, 0.3) is 0 Å². The van der Waals surface area contributed by atoms with Crippen LogP contribution in [-0.2, 0) is 14.3 Å². The highest BCUT2D eigenvalue weighted by atomic mass is 35.6. The third-order valence-electron chi connectivity index (χ3n) is 1.88. The molecule has 0 radical (unpaired) electrons. The number of alkyl halides is 3. The minimum Gasteiger partial charge on any atom is -0.429 e. The van der Waals surface area contributed by atoms with E-state index < -0.39 is 28.6 Å². The highest BCUT2D eigenvalue weighted by Gasteiger charge is 2.26. The van der Waals surface area contributed by atoms with Crippen LogP contribution in [0.15, 0.2) is 30.3 Å². The van der Waals surface area contributed by atoms with Crippen LogP contribution in [0.5, 0.6) is 0 Å². The maximum Gasteiger partial charge on any atom is 0.516 e. The van der Waals surface area contributed by atoms with Crippen molar-refractivity contribution in [1.29, 1.82) is 0 Å². The first-order valence-corrected chi connectivity index (χ1v) is 6.11. The summed E-state index contributed by atoms with van der Waals surface area (Å²) >= 11 is 16.0. The molecule has 0 unspecified atom stereocenters. The number of carbonyl (C=O) groups excluding carboxylic acids is 2. The number of aliphatic hydroxyl groups excluding tert-OH is 1. The van der Waals surface area contributed by atoms with E-state index in [1.807, 2.05) is 0 Å². The van der Waals surface area contributed by atoms with Crippen molar-refractivity contribution in [3.8, 4) is 0 Å². The molecule has 0 amide bonds. The summed E-state index contributed by atoms with van der Waals surface area (Å²) in [7, 11) is 0. The van der Waals surface area contributed by atoms with Crippen LogP contribution in [0.4, 0.5) is 4.79 Å². The van der Waals surface area contributed by atoms with Crippen molar-refractivity contribution in [3.63, 3.8) is 0 Å². The number of carbonyl (C=O) groups is 2. The summed E-state index contributed by atoms with van der Waals surface area (Å²) in [5.74, 6) is -1.18. The Hall–Kier alpha value is -1.01. The summed E-state index contributed by atoms with van der Waals surface area (Å²) in [4.78, 5) is 22.5. The molecule has 0 spiro atoms. The van der Waals surface area contributed by atoms with Gasteiger partial charge in [-0.15, -0.1) is 0 Å². The van der Waals surface area contributed by atoms with Crippen molar-refractivity contribution in [2.45, 2.75) is 9.90 Å². The van der Waals surface area contributed by atoms with Crippen LogP contribution in [0.2, 0.25) is 0 Å². The van der Waals surface area contributed by atoms with Crippen molar-refractivity contribution in [3.05, 3.63) is 35.9 Å². The molecule has 0 aliphatic rings. The Bertz CT molecular complexity index is 443. The molecule has 19 heavy (non-hydrogen) atoms. The first kappa shape index (κ1) is 16.0. The van der Waals surface area contributed by atoms with Crippen LogP contribution < -0.4 is 0 Å². The van der Waals surface area contributed by atoms with Gasteiger partial charge in [0.05, 0.1) is 0 Å². The zero-order valence-corrected chi connectivity index (χ0v) is 11.7. The molecule has 0 saturated carbocycles. The Morgan fingerprint density at radius 1 is 1.21 bits per heavy atom. The predicted octanol–water partition coefficient (Wildman–Crippen LogP) is 2.77. The van der Waals surface area contributed by atoms with Crippen molar-refractivity contribution in [2.75, 3.05) is 6.61 Å². The Labute approximate surface area is 124 Å². The molecular formula is C11H9Cl3O5. The van der Waals surface area contributed by atoms with Crippen LogP contribution in [0.1, 0.15) is 11.7 Å². The Morgan fingerprint density at radius 3 is 2.32 bits per heavy atom. The Kier molecular flexibility index (Phi) is 5.87. The third kappa shape index (κ3) is 6.11. The first-order valence-electron chi connectivity index (χ1n) is 4.98. The lowest BCUT2D eigenvalue weighted by molar-refractivity contribution is -0.149. The smallest absolute Gasteiger partial charge is 0.429 e. The average Bonchev–Trinajstić information content (AvgIpc) is 2.35. The molecule has 0 aliphatic heterocycles. The summed E-state index contributed by atoms with van der Waals surface area (Å²) < 4.78 is 6.80. The summed E-state index contributed by atoms with van der Waals surface area (Å²) in [6.45, 7) is -0.578. The zero-order valence-electron chi connectivity index (χ0n) is 9.39. The number of ether oxygens (including phenoxy) is 2. The number of benzene rings is 1. The lowest BCUT2D eigenvalue weighted by atomic mass is 10.1. The molecule has 1 rings (SSSR count). The van der Waals surface area contributed by atoms with Crippen LogP contribution in [0, 0.1) is 0 Å². The lowest BCUT2D eigenvalue weighted by Crippen LogP contribution is -2.23. The first-order chi connectivity index (χ1) is 8.79. The fourth-order valence-electron chi connectivity index (χ4n) is 1.08. The van der Waals surface area contributed by atoms with Gasteiger partial charge in [0, 0.05) is 0 Å². The molecular weight excluding hydrogens is 318 g/mol. The molecule has 0 saturated heterocycles. The van der Waals surface area contributed by atoms with E-state index in [4.69, 9.17) is 34.8 Å². The monoisotopic (exact) mass is 326 g/mol. The number of hydrogen-bond acceptors (Lipinski definition) is 5. The maximum atomic E-state index is 11.4. The van der Waals surface area contributed by atoms with Crippen molar-refractivity contribution in [2.24, 2.45) is 0 Å². The molecule has 1 aromatic carbocycles. The van der Waals surface area contributed by atoms with Gasteiger partial charge < -0.3 is 14.6 Å². The van der Waals surface area contributed by atoms with Crippen LogP contribution in [0.25, 0.3) is 0 Å². The Morgan fingerprint density at radius 2 is 1.79 bits per heavy atom. The van der Waals surface area contributed by atoms with E-state index in [2.05, 4.69) is 9.47 Å². The molecule has 1 N–H and O–H groups in total. The second kappa shape index (κ2) is 6.96. The van der Waals surface area contributed by atoms with E-state index in [1.165, 1.54) is 12.1 Å². The maximum absolute atomic E-state index is 11.4. The quantitative estimate of drug-likeness (QED) is 0.525. The van der Waals surface area contributed by atoms with E-state index in [9.17, 15) is 14.7 Å². The van der Waals surface area contributed by atoms with Gasteiger partial charge in [-0.1, -0.05) is 65.1 Å². The Balaban J connectivity index is 2.49. The summed E-state index contributed by atoms with van der Waals surface area (Å²) in [6.07, 6.45) is -2.95. The molecule has 104 valence electrons. The number of halogens is 3. The van der Waals surface area contributed by atoms with E-state index in [0.29, 0.717) is 0 Å². The number of esters is 1. The van der Waals surface area contributed by atoms with Gasteiger partial charge in [-0.2, -0.15) is 0 Å². The van der Waals surface area contributed by atoms with E-state index in [-0.39, 0.29) is 5.56 Å². The molecule has 0 aromatic heterocycles. The fraction of sp³-hybridized carbons (Fsp3) is 0.273. The molecule has 0 fully saturated rings. The SMILES string of the molecule is O=C(OCC(Cl)(Cl)Cl)OC(=O)[C@H](O)c1ccccc1. The molecule has 1 atom stereocenters. The highest BCUT2D eigenvalue weighted by Crippen LogP contribution is 2.26. The van der Waals surface area contributed by atoms with Crippen molar-refractivity contribution >= 4 is 46.9 Å². The van der Waals surface area contributed by atoms with Gasteiger partial charge in [-0.05, 0) is 5.56 Å². The summed E-state index contributed by atoms with van der Waals surface area (Å²) in [6, 6.07) is 7.94. The van der Waals surface area contributed by atoms with E-state index in [1.54, 1.807) is 18.2 Å². The van der Waals surface area contributed by atoms with Gasteiger partial charge in [0.15, 0.2) is 6.10 Å². The van der Waals surface area contributed by atoms with Crippen LogP contribution >= 0.6 is 34.8 Å². The van der Waals surface area contributed by atoms with Gasteiger partial charge >= 0.3 is 12.1 Å². The number of aliphatic hydroxyl groups is 1. The minimum atomic E-state index is -1.81. The predicted molar refractivity (Wildman–Crippen MR) is 69.1 cm³/mol. The van der Waals surface area contributed by atoms with Gasteiger partial charge in [0.2, 0.25) is 3.79 Å².